The number of methoxy groups -OCH3 is 3. The number of rotatable bonds is 8. The average Bonchev–Trinajstić information content (AvgIpc) is 3.31. The molecule has 1 heterocycles. The van der Waals surface area contributed by atoms with Crippen molar-refractivity contribution in [1.82, 2.24) is 0 Å². The first-order chi connectivity index (χ1) is 17.2. The first-order valence-electron chi connectivity index (χ1n) is 10.6. The zero-order chi connectivity index (χ0) is 26.0. The van der Waals surface area contributed by atoms with Crippen LogP contribution in [0, 0.1) is 0 Å². The lowest BCUT2D eigenvalue weighted by Gasteiger charge is -2.20. The molecule has 0 saturated carbocycles. The minimum atomic E-state index is -3.88. The second-order valence-corrected chi connectivity index (χ2v) is 11.1. The van der Waals surface area contributed by atoms with Gasteiger partial charge < -0.3 is 19.5 Å². The number of ether oxygens (including phenoxy) is 3. The lowest BCUT2D eigenvalue weighted by atomic mass is 10.2. The molecule has 0 unspecified atom stereocenters. The number of benzene rings is 3. The molecule has 4 rings (SSSR count). The third-order valence-electron chi connectivity index (χ3n) is 5.51. The highest BCUT2D eigenvalue weighted by Gasteiger charge is 2.24. The van der Waals surface area contributed by atoms with Crippen LogP contribution in [0.25, 0.3) is 10.1 Å². The van der Waals surface area contributed by atoms with Crippen molar-refractivity contribution in [1.29, 1.82) is 0 Å². The highest BCUT2D eigenvalue weighted by molar-refractivity contribution is 7.92. The maximum absolute atomic E-state index is 13.3. The largest absolute Gasteiger partial charge is 0.495 e. The van der Waals surface area contributed by atoms with Gasteiger partial charge in [0.1, 0.15) is 5.75 Å². The quantitative estimate of drug-likeness (QED) is 0.306. The molecule has 4 aromatic rings. The van der Waals surface area contributed by atoms with Crippen LogP contribution in [-0.4, -0.2) is 42.7 Å². The molecule has 0 aliphatic carbocycles. The maximum Gasteiger partial charge on any atom is 0.265 e. The Bertz CT molecular complexity index is 1550. The van der Waals surface area contributed by atoms with Crippen LogP contribution >= 0.6 is 22.9 Å². The number of nitrogens with zero attached hydrogens (tertiary/aromatic N) is 1. The van der Waals surface area contributed by atoms with Crippen LogP contribution in [0.15, 0.2) is 65.6 Å². The first-order valence-corrected chi connectivity index (χ1v) is 13.2. The van der Waals surface area contributed by atoms with Crippen LogP contribution in [0.5, 0.6) is 17.2 Å². The monoisotopic (exact) mass is 546 g/mol. The summed E-state index contributed by atoms with van der Waals surface area (Å²) in [4.78, 5) is 13.4. The van der Waals surface area contributed by atoms with Gasteiger partial charge in [0.2, 0.25) is 0 Å². The van der Waals surface area contributed by atoms with Crippen molar-refractivity contribution in [2.75, 3.05) is 38.0 Å². The molecule has 0 aliphatic heterocycles. The third kappa shape index (κ3) is 4.92. The van der Waals surface area contributed by atoms with E-state index in [1.165, 1.54) is 56.2 Å². The molecule has 0 atom stereocenters. The van der Waals surface area contributed by atoms with E-state index in [4.69, 9.17) is 25.8 Å². The van der Waals surface area contributed by atoms with Crippen LogP contribution in [0.3, 0.4) is 0 Å². The van der Waals surface area contributed by atoms with Crippen molar-refractivity contribution < 1.29 is 27.4 Å². The summed E-state index contributed by atoms with van der Waals surface area (Å²) >= 11 is 7.35. The SMILES string of the molecule is COc1ccc(Cl)cc1NC(=O)c1cc2cc(N(C)S(=O)(=O)c3ccc(OC)c(OC)c3)ccc2s1. The molecule has 0 radical (unpaired) electrons. The number of carbonyl (C=O) groups excluding carboxylic acids is 1. The summed E-state index contributed by atoms with van der Waals surface area (Å²) in [6.45, 7) is 0. The van der Waals surface area contributed by atoms with E-state index in [0.717, 1.165) is 10.1 Å². The van der Waals surface area contributed by atoms with Crippen LogP contribution < -0.4 is 23.8 Å². The predicted octanol–water partition coefficient (Wildman–Crippen LogP) is 5.66. The highest BCUT2D eigenvalue weighted by Crippen LogP contribution is 2.35. The van der Waals surface area contributed by atoms with Gasteiger partial charge in [0.25, 0.3) is 15.9 Å². The molecule has 11 heteroatoms. The van der Waals surface area contributed by atoms with E-state index < -0.39 is 10.0 Å². The highest BCUT2D eigenvalue weighted by atomic mass is 35.5. The van der Waals surface area contributed by atoms with Crippen molar-refractivity contribution in [2.24, 2.45) is 0 Å². The first kappa shape index (κ1) is 25.6. The maximum atomic E-state index is 13.3. The summed E-state index contributed by atoms with van der Waals surface area (Å²) in [6.07, 6.45) is 0. The van der Waals surface area contributed by atoms with Crippen LogP contribution in [0.2, 0.25) is 5.02 Å². The van der Waals surface area contributed by atoms with Gasteiger partial charge in [0.15, 0.2) is 11.5 Å². The second kappa shape index (κ2) is 10.3. The summed E-state index contributed by atoms with van der Waals surface area (Å²) in [6, 6.07) is 16.3. The number of halogens is 1. The van der Waals surface area contributed by atoms with E-state index in [2.05, 4.69) is 5.32 Å². The molecule has 0 aliphatic rings. The lowest BCUT2D eigenvalue weighted by molar-refractivity contribution is 0.103. The fraction of sp³-hybridized carbons (Fsp3) is 0.160. The summed E-state index contributed by atoms with van der Waals surface area (Å²) in [7, 11) is 2.02. The van der Waals surface area contributed by atoms with Gasteiger partial charge in [-0.05, 0) is 60.0 Å². The van der Waals surface area contributed by atoms with Crippen molar-refractivity contribution in [3.8, 4) is 17.2 Å². The molecule has 1 amide bonds. The van der Waals surface area contributed by atoms with E-state index in [1.807, 2.05) is 0 Å². The fourth-order valence-corrected chi connectivity index (χ4v) is 5.89. The minimum absolute atomic E-state index is 0.0589. The average molecular weight is 547 g/mol. The summed E-state index contributed by atoms with van der Waals surface area (Å²) < 4.78 is 44.3. The van der Waals surface area contributed by atoms with Gasteiger partial charge in [-0.1, -0.05) is 11.6 Å². The Labute approximate surface area is 218 Å². The normalized spacial score (nSPS) is 11.2. The van der Waals surface area contributed by atoms with Crippen LogP contribution in [-0.2, 0) is 10.0 Å². The minimum Gasteiger partial charge on any atom is -0.495 e. The molecule has 8 nitrogen and oxygen atoms in total. The number of hydrogen-bond acceptors (Lipinski definition) is 7. The van der Waals surface area contributed by atoms with Gasteiger partial charge in [-0.15, -0.1) is 11.3 Å². The van der Waals surface area contributed by atoms with Gasteiger partial charge in [-0.2, -0.15) is 0 Å². The number of sulfonamides is 1. The molecular formula is C25H23ClN2O6S2. The van der Waals surface area contributed by atoms with Gasteiger partial charge in [0.05, 0.1) is 42.5 Å². The Kier molecular flexibility index (Phi) is 7.30. The molecule has 0 fully saturated rings. The predicted molar refractivity (Wildman–Crippen MR) is 143 cm³/mol. The number of carbonyl (C=O) groups is 1. The van der Waals surface area contributed by atoms with Crippen LogP contribution in [0.4, 0.5) is 11.4 Å². The molecule has 0 saturated heterocycles. The number of anilines is 2. The third-order valence-corrected chi connectivity index (χ3v) is 8.64. The Morgan fingerprint density at radius 2 is 1.58 bits per heavy atom. The number of hydrogen-bond donors (Lipinski definition) is 1. The molecular weight excluding hydrogens is 524 g/mol. The van der Waals surface area contributed by atoms with Gasteiger partial charge >= 0.3 is 0 Å². The van der Waals surface area contributed by atoms with Crippen LogP contribution in [0.1, 0.15) is 9.67 Å². The molecule has 188 valence electrons. The topological polar surface area (TPSA) is 94.2 Å². The molecule has 3 aromatic carbocycles. The van der Waals surface area contributed by atoms with E-state index in [-0.39, 0.29) is 10.8 Å². The van der Waals surface area contributed by atoms with E-state index in [9.17, 15) is 13.2 Å². The zero-order valence-corrected chi connectivity index (χ0v) is 22.3. The smallest absolute Gasteiger partial charge is 0.265 e. The van der Waals surface area contributed by atoms with Crippen molar-refractivity contribution in [3.05, 3.63) is 70.6 Å². The van der Waals surface area contributed by atoms with Crippen molar-refractivity contribution in [2.45, 2.75) is 4.90 Å². The number of thiophene rings is 1. The zero-order valence-electron chi connectivity index (χ0n) is 19.9. The Morgan fingerprint density at radius 3 is 2.28 bits per heavy atom. The van der Waals surface area contributed by atoms with Gasteiger partial charge in [-0.25, -0.2) is 8.42 Å². The Morgan fingerprint density at radius 1 is 0.889 bits per heavy atom. The molecule has 1 aromatic heterocycles. The van der Waals surface area contributed by atoms with Gasteiger partial charge in [0, 0.05) is 22.8 Å². The fourth-order valence-electron chi connectivity index (χ4n) is 3.57. The summed E-state index contributed by atoms with van der Waals surface area (Å²) in [5.74, 6) is 0.898. The Balaban J connectivity index is 1.62. The van der Waals surface area contributed by atoms with E-state index in [1.54, 1.807) is 48.5 Å². The number of amides is 1. The number of fused-ring (bicyclic) bond motifs is 1. The standard InChI is InChI=1S/C25H23ClN2O6S2/c1-28(36(30,31)18-7-9-21(33-3)22(14-18)34-4)17-6-10-23-15(11-17)12-24(35-23)25(29)27-19-13-16(26)5-8-20(19)32-2/h5-14H,1-4H3,(H,27,29). The van der Waals surface area contributed by atoms with Crippen molar-refractivity contribution >= 4 is 60.3 Å². The summed E-state index contributed by atoms with van der Waals surface area (Å²) in [5, 5.41) is 4.01. The van der Waals surface area contributed by atoms with Crippen molar-refractivity contribution in [3.63, 3.8) is 0 Å². The summed E-state index contributed by atoms with van der Waals surface area (Å²) in [5.41, 5.74) is 0.896. The second-order valence-electron chi connectivity index (χ2n) is 7.62. The number of nitrogens with one attached hydrogen (secondary N) is 1. The molecule has 0 spiro atoms. The Hall–Kier alpha value is -3.47. The van der Waals surface area contributed by atoms with E-state index in [0.29, 0.717) is 38.5 Å². The lowest BCUT2D eigenvalue weighted by Crippen LogP contribution is -2.26. The molecule has 0 bridgehead atoms. The van der Waals surface area contributed by atoms with Gasteiger partial charge in [-0.3, -0.25) is 9.10 Å². The molecule has 1 N–H and O–H groups in total. The molecule has 36 heavy (non-hydrogen) atoms. The van der Waals surface area contributed by atoms with E-state index >= 15 is 0 Å².